The standard InChI is InChI=1S/C10H16O2/c1-3-8(2)7-9(11)10-5-4-6-12-10/h5,8H,3-4,6-7H2,1-2H3. The summed E-state index contributed by atoms with van der Waals surface area (Å²) in [7, 11) is 0. The SMILES string of the molecule is CCC(C)CC(=O)C1=CCCO1. The van der Waals surface area contributed by atoms with Gasteiger partial charge in [-0.25, -0.2) is 0 Å². The van der Waals surface area contributed by atoms with Crippen molar-refractivity contribution in [3.63, 3.8) is 0 Å². The lowest BCUT2D eigenvalue weighted by Gasteiger charge is -2.07. The lowest BCUT2D eigenvalue weighted by atomic mass is 10.0. The van der Waals surface area contributed by atoms with E-state index in [0.29, 0.717) is 24.7 Å². The molecule has 1 heterocycles. The molecule has 12 heavy (non-hydrogen) atoms. The zero-order valence-electron chi connectivity index (χ0n) is 7.80. The van der Waals surface area contributed by atoms with E-state index in [1.54, 1.807) is 0 Å². The normalized spacial score (nSPS) is 18.3. The van der Waals surface area contributed by atoms with E-state index in [2.05, 4.69) is 13.8 Å². The van der Waals surface area contributed by atoms with Crippen LogP contribution in [-0.4, -0.2) is 12.4 Å². The third-order valence-electron chi connectivity index (χ3n) is 2.21. The number of allylic oxidation sites excluding steroid dienone is 1. The summed E-state index contributed by atoms with van der Waals surface area (Å²) in [6.07, 6.45) is 4.47. The maximum atomic E-state index is 11.4. The molecule has 0 spiro atoms. The first kappa shape index (κ1) is 9.30. The third-order valence-corrected chi connectivity index (χ3v) is 2.21. The van der Waals surface area contributed by atoms with E-state index in [1.165, 1.54) is 0 Å². The summed E-state index contributed by atoms with van der Waals surface area (Å²) in [4.78, 5) is 11.4. The predicted molar refractivity (Wildman–Crippen MR) is 47.7 cm³/mol. The van der Waals surface area contributed by atoms with Crippen molar-refractivity contribution in [3.8, 4) is 0 Å². The molecule has 0 saturated carbocycles. The molecule has 0 aromatic rings. The minimum absolute atomic E-state index is 0.168. The monoisotopic (exact) mass is 168 g/mol. The minimum atomic E-state index is 0.168. The predicted octanol–water partition coefficient (Wildman–Crippen LogP) is 2.30. The highest BCUT2D eigenvalue weighted by Gasteiger charge is 2.16. The number of Topliss-reactive ketones (excluding diaryl/α,β-unsaturated/α-hetero) is 1. The van der Waals surface area contributed by atoms with E-state index in [1.807, 2.05) is 6.08 Å². The first-order valence-electron chi connectivity index (χ1n) is 4.60. The highest BCUT2D eigenvalue weighted by molar-refractivity contribution is 5.93. The number of carbonyl (C=O) groups is 1. The number of carbonyl (C=O) groups excluding carboxylic acids is 1. The number of ether oxygens (including phenoxy) is 1. The van der Waals surface area contributed by atoms with Gasteiger partial charge in [0.15, 0.2) is 11.5 Å². The van der Waals surface area contributed by atoms with E-state index in [4.69, 9.17) is 4.74 Å². The van der Waals surface area contributed by atoms with E-state index in [-0.39, 0.29) is 5.78 Å². The van der Waals surface area contributed by atoms with Crippen LogP contribution < -0.4 is 0 Å². The molecule has 0 N–H and O–H groups in total. The molecular weight excluding hydrogens is 152 g/mol. The van der Waals surface area contributed by atoms with Crippen LogP contribution in [0.3, 0.4) is 0 Å². The molecule has 68 valence electrons. The summed E-state index contributed by atoms with van der Waals surface area (Å²) in [5.41, 5.74) is 0. The van der Waals surface area contributed by atoms with Gasteiger partial charge in [-0.05, 0) is 12.0 Å². The van der Waals surface area contributed by atoms with Gasteiger partial charge in [-0.15, -0.1) is 0 Å². The van der Waals surface area contributed by atoms with Crippen molar-refractivity contribution in [2.75, 3.05) is 6.61 Å². The smallest absolute Gasteiger partial charge is 0.197 e. The molecule has 1 atom stereocenters. The van der Waals surface area contributed by atoms with Crippen LogP contribution in [0, 0.1) is 5.92 Å². The minimum Gasteiger partial charge on any atom is -0.490 e. The molecule has 0 bridgehead atoms. The van der Waals surface area contributed by atoms with Crippen LogP contribution in [0.15, 0.2) is 11.8 Å². The maximum absolute atomic E-state index is 11.4. The van der Waals surface area contributed by atoms with Crippen molar-refractivity contribution in [2.24, 2.45) is 5.92 Å². The Kier molecular flexibility index (Phi) is 3.32. The second kappa shape index (κ2) is 4.29. The van der Waals surface area contributed by atoms with E-state index in [0.717, 1.165) is 12.8 Å². The van der Waals surface area contributed by atoms with Gasteiger partial charge in [0, 0.05) is 12.8 Å². The van der Waals surface area contributed by atoms with Gasteiger partial charge in [0.2, 0.25) is 0 Å². The number of hydrogen-bond donors (Lipinski definition) is 0. The maximum Gasteiger partial charge on any atom is 0.197 e. The van der Waals surface area contributed by atoms with Crippen molar-refractivity contribution in [1.82, 2.24) is 0 Å². The lowest BCUT2D eigenvalue weighted by Crippen LogP contribution is -2.07. The van der Waals surface area contributed by atoms with Gasteiger partial charge in [-0.3, -0.25) is 4.79 Å². The van der Waals surface area contributed by atoms with Crippen LogP contribution in [0.2, 0.25) is 0 Å². The Hall–Kier alpha value is -0.790. The first-order valence-corrected chi connectivity index (χ1v) is 4.60. The zero-order valence-corrected chi connectivity index (χ0v) is 7.80. The molecule has 1 rings (SSSR count). The Balaban J connectivity index is 2.37. The van der Waals surface area contributed by atoms with Gasteiger partial charge in [0.05, 0.1) is 6.61 Å². The summed E-state index contributed by atoms with van der Waals surface area (Å²) in [6.45, 7) is 4.87. The van der Waals surface area contributed by atoms with Crippen molar-refractivity contribution in [2.45, 2.75) is 33.1 Å². The van der Waals surface area contributed by atoms with Crippen LogP contribution >= 0.6 is 0 Å². The van der Waals surface area contributed by atoms with Crippen LogP contribution in [0.1, 0.15) is 33.1 Å². The molecule has 0 aliphatic carbocycles. The fraction of sp³-hybridized carbons (Fsp3) is 0.700. The van der Waals surface area contributed by atoms with Gasteiger partial charge in [-0.1, -0.05) is 20.3 Å². The summed E-state index contributed by atoms with van der Waals surface area (Å²) in [6, 6.07) is 0. The molecule has 0 radical (unpaired) electrons. The lowest BCUT2D eigenvalue weighted by molar-refractivity contribution is -0.119. The summed E-state index contributed by atoms with van der Waals surface area (Å²) in [5, 5.41) is 0. The van der Waals surface area contributed by atoms with Gasteiger partial charge in [0.25, 0.3) is 0 Å². The van der Waals surface area contributed by atoms with Crippen LogP contribution in [-0.2, 0) is 9.53 Å². The number of rotatable bonds is 4. The van der Waals surface area contributed by atoms with Crippen LogP contribution in [0.5, 0.6) is 0 Å². The number of ketones is 1. The van der Waals surface area contributed by atoms with Crippen molar-refractivity contribution in [1.29, 1.82) is 0 Å². The summed E-state index contributed by atoms with van der Waals surface area (Å²) in [5.74, 6) is 1.24. The molecule has 2 heteroatoms. The second-order valence-electron chi connectivity index (χ2n) is 3.35. The van der Waals surface area contributed by atoms with E-state index < -0.39 is 0 Å². The zero-order chi connectivity index (χ0) is 8.97. The quantitative estimate of drug-likeness (QED) is 0.643. The summed E-state index contributed by atoms with van der Waals surface area (Å²) < 4.78 is 5.17. The van der Waals surface area contributed by atoms with E-state index in [9.17, 15) is 4.79 Å². The highest BCUT2D eigenvalue weighted by atomic mass is 16.5. The third kappa shape index (κ3) is 2.36. The van der Waals surface area contributed by atoms with E-state index >= 15 is 0 Å². The van der Waals surface area contributed by atoms with Crippen molar-refractivity contribution < 1.29 is 9.53 Å². The fourth-order valence-electron chi connectivity index (χ4n) is 1.17. The average molecular weight is 168 g/mol. The topological polar surface area (TPSA) is 26.3 Å². The molecule has 1 aliphatic heterocycles. The van der Waals surface area contributed by atoms with Crippen molar-refractivity contribution in [3.05, 3.63) is 11.8 Å². The second-order valence-corrected chi connectivity index (χ2v) is 3.35. The molecule has 0 amide bonds. The Morgan fingerprint density at radius 2 is 2.50 bits per heavy atom. The molecule has 1 aliphatic rings. The largest absolute Gasteiger partial charge is 0.490 e. The molecule has 2 nitrogen and oxygen atoms in total. The first-order chi connectivity index (χ1) is 5.74. The van der Waals surface area contributed by atoms with Crippen molar-refractivity contribution >= 4 is 5.78 Å². The molecule has 0 saturated heterocycles. The highest BCUT2D eigenvalue weighted by Crippen LogP contribution is 2.16. The Bertz CT molecular complexity index is 194. The van der Waals surface area contributed by atoms with Gasteiger partial charge in [-0.2, -0.15) is 0 Å². The molecule has 1 unspecified atom stereocenters. The Labute approximate surface area is 73.6 Å². The fourth-order valence-corrected chi connectivity index (χ4v) is 1.17. The number of hydrogen-bond acceptors (Lipinski definition) is 2. The Morgan fingerprint density at radius 3 is 3.00 bits per heavy atom. The van der Waals surface area contributed by atoms with Gasteiger partial charge in [0.1, 0.15) is 0 Å². The van der Waals surface area contributed by atoms with Gasteiger partial charge < -0.3 is 4.74 Å². The average Bonchev–Trinajstić information content (AvgIpc) is 2.56. The molecular formula is C10H16O2. The molecule has 0 aromatic carbocycles. The molecule has 0 aromatic heterocycles. The van der Waals surface area contributed by atoms with Gasteiger partial charge >= 0.3 is 0 Å². The summed E-state index contributed by atoms with van der Waals surface area (Å²) >= 11 is 0. The van der Waals surface area contributed by atoms with Crippen LogP contribution in [0.4, 0.5) is 0 Å². The Morgan fingerprint density at radius 1 is 1.75 bits per heavy atom. The molecule has 0 fully saturated rings. The van der Waals surface area contributed by atoms with Crippen LogP contribution in [0.25, 0.3) is 0 Å².